The molecule has 1 amide bonds. The molecule has 3 rings (SSSR count). The first-order chi connectivity index (χ1) is 28.9. The zero-order chi connectivity index (χ0) is 42.2. The van der Waals surface area contributed by atoms with Crippen LogP contribution in [0.15, 0.2) is 70.5 Å². The van der Waals surface area contributed by atoms with E-state index < -0.39 is 9.84 Å². The summed E-state index contributed by atoms with van der Waals surface area (Å²) >= 11 is 0. The van der Waals surface area contributed by atoms with Gasteiger partial charge in [-0.05, 0) is 66.1 Å². The summed E-state index contributed by atoms with van der Waals surface area (Å²) in [5.41, 5.74) is 0.428. The van der Waals surface area contributed by atoms with Crippen LogP contribution in [0, 0.1) is 0 Å². The maximum Gasteiger partial charge on any atom is 0.253 e. The molecule has 6 heteroatoms. The highest BCUT2D eigenvalue weighted by Gasteiger charge is 2.22. The van der Waals surface area contributed by atoms with Crippen molar-refractivity contribution >= 4 is 26.5 Å². The number of fused-ring (bicyclic) bond motifs is 1. The molecular formula is C53H85NO4S. The van der Waals surface area contributed by atoms with Gasteiger partial charge >= 0.3 is 0 Å². The minimum absolute atomic E-state index is 0.0765. The number of benzene rings is 3. The molecule has 59 heavy (non-hydrogen) atoms. The van der Waals surface area contributed by atoms with Crippen LogP contribution in [-0.4, -0.2) is 37.4 Å². The zero-order valence-corrected chi connectivity index (χ0v) is 38.7. The summed E-state index contributed by atoms with van der Waals surface area (Å²) in [6.45, 7) is 5.98. The molecule has 0 aromatic heterocycles. The smallest absolute Gasteiger partial charge is 0.253 e. The van der Waals surface area contributed by atoms with Crippen LogP contribution in [0.1, 0.15) is 230 Å². The van der Waals surface area contributed by atoms with Gasteiger partial charge in [-0.3, -0.25) is 4.79 Å². The molecule has 0 saturated carbocycles. The SMILES string of the molecule is CCCCCCCCCCCCCCCCCCN(CCCCCCCCCCCCCCCCCC)C(=O)c1cccc(S(=O)(=O)c2ccc3ccc(O)cc3c2)c1. The van der Waals surface area contributed by atoms with Gasteiger partial charge in [0.15, 0.2) is 0 Å². The van der Waals surface area contributed by atoms with E-state index in [0.717, 1.165) is 31.1 Å². The van der Waals surface area contributed by atoms with Crippen molar-refractivity contribution in [3.05, 3.63) is 66.2 Å². The number of nitrogens with zero attached hydrogens (tertiary/aromatic N) is 1. The summed E-state index contributed by atoms with van der Waals surface area (Å²) in [4.78, 5) is 16.3. The lowest BCUT2D eigenvalue weighted by Gasteiger charge is -2.23. The fourth-order valence-corrected chi connectivity index (χ4v) is 9.85. The zero-order valence-electron chi connectivity index (χ0n) is 37.8. The summed E-state index contributed by atoms with van der Waals surface area (Å²) in [7, 11) is -3.87. The van der Waals surface area contributed by atoms with E-state index in [1.54, 1.807) is 60.7 Å². The Hall–Kier alpha value is -2.86. The second-order valence-electron chi connectivity index (χ2n) is 17.6. The van der Waals surface area contributed by atoms with Gasteiger partial charge in [0, 0.05) is 18.7 Å². The van der Waals surface area contributed by atoms with Crippen LogP contribution in [0.25, 0.3) is 10.8 Å². The van der Waals surface area contributed by atoms with E-state index in [1.807, 2.05) is 4.90 Å². The minimum Gasteiger partial charge on any atom is -0.508 e. The summed E-state index contributed by atoms with van der Waals surface area (Å²) in [6.07, 6.45) is 42.2. The van der Waals surface area contributed by atoms with Crippen LogP contribution < -0.4 is 0 Å². The molecule has 1 N–H and O–H groups in total. The van der Waals surface area contributed by atoms with Crippen molar-refractivity contribution in [2.24, 2.45) is 0 Å². The first-order valence-corrected chi connectivity index (χ1v) is 26.2. The number of aromatic hydroxyl groups is 1. The van der Waals surface area contributed by atoms with Crippen LogP contribution in [0.3, 0.4) is 0 Å². The fraction of sp³-hybridized carbons (Fsp3) is 0.679. The van der Waals surface area contributed by atoms with Crippen LogP contribution in [0.2, 0.25) is 0 Å². The van der Waals surface area contributed by atoms with Crippen LogP contribution >= 0.6 is 0 Å². The Morgan fingerprint density at radius 3 is 1.24 bits per heavy atom. The van der Waals surface area contributed by atoms with E-state index in [-0.39, 0.29) is 21.4 Å². The topological polar surface area (TPSA) is 74.7 Å². The van der Waals surface area contributed by atoms with Gasteiger partial charge in [-0.2, -0.15) is 0 Å². The molecule has 3 aromatic carbocycles. The third kappa shape index (κ3) is 21.5. The standard InChI is InChI=1S/C53H85NO4S/c1-3-5-7-9-11-13-15-17-19-21-23-25-27-29-31-33-42-54(43-34-32-30-28-26-24-22-20-18-16-14-12-10-8-6-4-2)53(56)48-36-35-37-51(45-48)59(57,58)52-41-39-47-38-40-50(55)44-49(47)46-52/h35-41,44-46,55H,3-34,42-43H2,1-2H3. The summed E-state index contributed by atoms with van der Waals surface area (Å²) in [6, 6.07) is 16.5. The fourth-order valence-electron chi connectivity index (χ4n) is 8.51. The monoisotopic (exact) mass is 832 g/mol. The van der Waals surface area contributed by atoms with Crippen molar-refractivity contribution < 1.29 is 18.3 Å². The Kier molecular flexibility index (Phi) is 27.3. The van der Waals surface area contributed by atoms with Gasteiger partial charge in [0.2, 0.25) is 9.84 Å². The van der Waals surface area contributed by atoms with E-state index >= 15 is 0 Å². The van der Waals surface area contributed by atoms with Gasteiger partial charge in [0.1, 0.15) is 5.75 Å². The minimum atomic E-state index is -3.87. The second kappa shape index (κ2) is 31.9. The van der Waals surface area contributed by atoms with E-state index in [9.17, 15) is 18.3 Å². The Morgan fingerprint density at radius 2 is 0.814 bits per heavy atom. The van der Waals surface area contributed by atoms with Crippen molar-refractivity contribution in [1.29, 1.82) is 0 Å². The van der Waals surface area contributed by atoms with E-state index in [1.165, 1.54) is 180 Å². The molecule has 0 aliphatic carbocycles. The molecule has 0 unspecified atom stereocenters. The highest BCUT2D eigenvalue weighted by Crippen LogP contribution is 2.28. The molecule has 3 aromatic rings. The Balaban J connectivity index is 1.43. The highest BCUT2D eigenvalue weighted by molar-refractivity contribution is 7.91. The summed E-state index contributed by atoms with van der Waals surface area (Å²) < 4.78 is 27.6. The molecule has 0 atom stereocenters. The van der Waals surface area contributed by atoms with Gasteiger partial charge in [-0.15, -0.1) is 0 Å². The Bertz CT molecular complexity index is 1600. The average molecular weight is 832 g/mol. The molecule has 0 aliphatic rings. The van der Waals surface area contributed by atoms with Crippen molar-refractivity contribution in [1.82, 2.24) is 4.90 Å². The van der Waals surface area contributed by atoms with Crippen LogP contribution in [0.4, 0.5) is 0 Å². The van der Waals surface area contributed by atoms with Crippen molar-refractivity contribution in [3.63, 3.8) is 0 Å². The molecular weight excluding hydrogens is 747 g/mol. The molecule has 0 aliphatic heterocycles. The first-order valence-electron chi connectivity index (χ1n) is 24.7. The maximum atomic E-state index is 14.1. The normalized spacial score (nSPS) is 11.8. The number of carbonyl (C=O) groups excluding carboxylic acids is 1. The third-order valence-corrected chi connectivity index (χ3v) is 14.1. The van der Waals surface area contributed by atoms with Crippen molar-refractivity contribution in [3.8, 4) is 5.75 Å². The predicted octanol–water partition coefficient (Wildman–Crippen LogP) is 16.3. The van der Waals surface area contributed by atoms with Crippen molar-refractivity contribution in [2.75, 3.05) is 13.1 Å². The molecule has 0 spiro atoms. The highest BCUT2D eigenvalue weighted by atomic mass is 32.2. The average Bonchev–Trinajstić information content (AvgIpc) is 3.24. The van der Waals surface area contributed by atoms with Gasteiger partial charge in [-0.25, -0.2) is 8.42 Å². The van der Waals surface area contributed by atoms with E-state index in [2.05, 4.69) is 13.8 Å². The molecule has 0 heterocycles. The molecule has 0 saturated heterocycles. The predicted molar refractivity (Wildman–Crippen MR) is 253 cm³/mol. The van der Waals surface area contributed by atoms with Crippen LogP contribution in [-0.2, 0) is 9.84 Å². The van der Waals surface area contributed by atoms with Crippen molar-refractivity contribution in [2.45, 2.75) is 229 Å². The lowest BCUT2D eigenvalue weighted by Crippen LogP contribution is -2.33. The number of phenols is 1. The number of hydrogen-bond acceptors (Lipinski definition) is 4. The third-order valence-electron chi connectivity index (χ3n) is 12.3. The molecule has 332 valence electrons. The molecule has 0 radical (unpaired) electrons. The Morgan fingerprint density at radius 1 is 0.441 bits per heavy atom. The number of amides is 1. The number of sulfone groups is 1. The largest absolute Gasteiger partial charge is 0.508 e. The van der Waals surface area contributed by atoms with Crippen LogP contribution in [0.5, 0.6) is 5.75 Å². The second-order valence-corrected chi connectivity index (χ2v) is 19.6. The lowest BCUT2D eigenvalue weighted by atomic mass is 10.0. The number of hydrogen-bond donors (Lipinski definition) is 1. The number of unbranched alkanes of at least 4 members (excludes halogenated alkanes) is 30. The molecule has 5 nitrogen and oxygen atoms in total. The molecule has 0 bridgehead atoms. The van der Waals surface area contributed by atoms with Gasteiger partial charge in [-0.1, -0.05) is 225 Å². The van der Waals surface area contributed by atoms with Gasteiger partial charge in [0.25, 0.3) is 5.91 Å². The number of carbonyl (C=O) groups is 1. The van der Waals surface area contributed by atoms with E-state index in [0.29, 0.717) is 24.0 Å². The van der Waals surface area contributed by atoms with Gasteiger partial charge in [0.05, 0.1) is 9.79 Å². The molecule has 0 fully saturated rings. The van der Waals surface area contributed by atoms with E-state index in [4.69, 9.17) is 0 Å². The van der Waals surface area contributed by atoms with Gasteiger partial charge < -0.3 is 10.0 Å². The number of phenolic OH excluding ortho intramolecular Hbond substituents is 1. The quantitative estimate of drug-likeness (QED) is 0.0587. The lowest BCUT2D eigenvalue weighted by molar-refractivity contribution is 0.0749. The first kappa shape index (κ1) is 50.5. The summed E-state index contributed by atoms with van der Waals surface area (Å²) in [5, 5.41) is 11.5. The Labute approximate surface area is 362 Å². The maximum absolute atomic E-state index is 14.1. The summed E-state index contributed by atoms with van der Waals surface area (Å²) in [5.74, 6) is 0.0147. The number of rotatable bonds is 37.